The van der Waals surface area contributed by atoms with E-state index in [4.69, 9.17) is 9.84 Å². The summed E-state index contributed by atoms with van der Waals surface area (Å²) in [6.07, 6.45) is 0.0996. The fraction of sp³-hybridized carbons (Fsp3) is 0.800. The molecule has 2 heterocycles. The first-order valence-corrected chi connectivity index (χ1v) is 5.52. The quantitative estimate of drug-likeness (QED) is 0.627. The number of amides is 1. The number of rotatable bonds is 2. The average Bonchev–Trinajstić information content (AvgIpc) is 2.78. The van der Waals surface area contributed by atoms with Crippen molar-refractivity contribution < 1.29 is 19.4 Å². The molecule has 0 bridgehead atoms. The third-order valence-corrected chi connectivity index (χ3v) is 3.05. The number of ether oxygens (including phenoxy) is 1. The Morgan fingerprint density at radius 2 is 2.25 bits per heavy atom. The molecule has 2 atom stereocenters. The Morgan fingerprint density at radius 3 is 2.81 bits per heavy atom. The van der Waals surface area contributed by atoms with Gasteiger partial charge in [-0.15, -0.1) is 0 Å². The molecule has 90 valence electrons. The zero-order valence-corrected chi connectivity index (χ0v) is 9.02. The fourth-order valence-electron chi connectivity index (χ4n) is 2.09. The summed E-state index contributed by atoms with van der Waals surface area (Å²) < 4.78 is 5.35. The highest BCUT2D eigenvalue weighted by molar-refractivity contribution is 5.82. The van der Waals surface area contributed by atoms with Crippen LogP contribution in [0, 0.1) is 5.92 Å². The third-order valence-electron chi connectivity index (χ3n) is 3.05. The Hall–Kier alpha value is -1.14. The van der Waals surface area contributed by atoms with E-state index in [1.54, 1.807) is 4.90 Å². The van der Waals surface area contributed by atoms with Crippen molar-refractivity contribution in [3.8, 4) is 0 Å². The van der Waals surface area contributed by atoms with E-state index < -0.39 is 18.0 Å². The predicted octanol–water partition coefficient (Wildman–Crippen LogP) is -1.09. The molecule has 6 heteroatoms. The highest BCUT2D eigenvalue weighted by Crippen LogP contribution is 2.18. The van der Waals surface area contributed by atoms with Crippen LogP contribution in [0.4, 0.5) is 0 Å². The van der Waals surface area contributed by atoms with E-state index in [0.29, 0.717) is 32.7 Å². The number of morpholine rings is 1. The lowest BCUT2D eigenvalue weighted by Crippen LogP contribution is -2.48. The minimum absolute atomic E-state index is 0.0871. The number of aliphatic carboxylic acids is 1. The molecule has 2 rings (SSSR count). The highest BCUT2D eigenvalue weighted by Gasteiger charge is 2.34. The first-order chi connectivity index (χ1) is 7.68. The Bertz CT molecular complexity index is 289. The summed E-state index contributed by atoms with van der Waals surface area (Å²) in [5.41, 5.74) is 0. The van der Waals surface area contributed by atoms with Gasteiger partial charge in [0.2, 0.25) is 0 Å². The van der Waals surface area contributed by atoms with E-state index in [-0.39, 0.29) is 5.91 Å². The SMILES string of the molecule is O=C(O)C1CCN(C(=O)C2CNCCO2)C1. The molecule has 0 radical (unpaired) electrons. The van der Waals surface area contributed by atoms with Gasteiger partial charge < -0.3 is 20.1 Å². The lowest BCUT2D eigenvalue weighted by Gasteiger charge is -2.27. The number of carbonyl (C=O) groups excluding carboxylic acids is 1. The van der Waals surface area contributed by atoms with Gasteiger partial charge in [-0.2, -0.15) is 0 Å². The summed E-state index contributed by atoms with van der Waals surface area (Å²) in [6.45, 7) is 2.66. The van der Waals surface area contributed by atoms with E-state index in [0.717, 1.165) is 6.54 Å². The molecule has 0 aromatic rings. The van der Waals surface area contributed by atoms with Gasteiger partial charge >= 0.3 is 5.97 Å². The molecule has 2 aliphatic heterocycles. The summed E-state index contributed by atoms with van der Waals surface area (Å²) in [5, 5.41) is 11.9. The van der Waals surface area contributed by atoms with Crippen LogP contribution in [-0.4, -0.2) is 60.8 Å². The molecule has 2 aliphatic rings. The Balaban J connectivity index is 1.88. The maximum Gasteiger partial charge on any atom is 0.308 e. The largest absolute Gasteiger partial charge is 0.481 e. The summed E-state index contributed by atoms with van der Waals surface area (Å²) >= 11 is 0. The number of carboxylic acids is 1. The molecule has 2 saturated heterocycles. The van der Waals surface area contributed by atoms with Gasteiger partial charge in [0.05, 0.1) is 12.5 Å². The minimum atomic E-state index is -0.821. The maximum atomic E-state index is 11.9. The van der Waals surface area contributed by atoms with Crippen molar-refractivity contribution >= 4 is 11.9 Å². The molecular weight excluding hydrogens is 212 g/mol. The molecule has 16 heavy (non-hydrogen) atoms. The van der Waals surface area contributed by atoms with Crippen molar-refractivity contribution in [2.75, 3.05) is 32.8 Å². The van der Waals surface area contributed by atoms with Crippen LogP contribution < -0.4 is 5.32 Å². The van der Waals surface area contributed by atoms with Crippen LogP contribution in [0.2, 0.25) is 0 Å². The van der Waals surface area contributed by atoms with Crippen molar-refractivity contribution in [2.24, 2.45) is 5.92 Å². The molecule has 0 aromatic heterocycles. The number of likely N-dealkylation sites (tertiary alicyclic amines) is 1. The van der Waals surface area contributed by atoms with Crippen molar-refractivity contribution in [1.82, 2.24) is 10.2 Å². The Morgan fingerprint density at radius 1 is 1.44 bits per heavy atom. The zero-order chi connectivity index (χ0) is 11.5. The van der Waals surface area contributed by atoms with Crippen molar-refractivity contribution in [3.63, 3.8) is 0 Å². The zero-order valence-electron chi connectivity index (χ0n) is 9.02. The topological polar surface area (TPSA) is 78.9 Å². The summed E-state index contributed by atoms with van der Waals surface area (Å²) in [5.74, 6) is -1.32. The second kappa shape index (κ2) is 4.80. The molecule has 2 N–H and O–H groups in total. The van der Waals surface area contributed by atoms with Crippen LogP contribution in [-0.2, 0) is 14.3 Å². The molecule has 2 unspecified atom stereocenters. The van der Waals surface area contributed by atoms with Gasteiger partial charge in [0.15, 0.2) is 0 Å². The highest BCUT2D eigenvalue weighted by atomic mass is 16.5. The van der Waals surface area contributed by atoms with Gasteiger partial charge in [0.25, 0.3) is 5.91 Å². The fourth-order valence-corrected chi connectivity index (χ4v) is 2.09. The third kappa shape index (κ3) is 2.33. The van der Waals surface area contributed by atoms with Crippen LogP contribution >= 0.6 is 0 Å². The molecular formula is C10H16N2O4. The number of nitrogens with zero attached hydrogens (tertiary/aromatic N) is 1. The van der Waals surface area contributed by atoms with E-state index in [1.165, 1.54) is 0 Å². The normalized spacial score (nSPS) is 30.4. The van der Waals surface area contributed by atoms with Gasteiger partial charge in [-0.05, 0) is 6.42 Å². The van der Waals surface area contributed by atoms with Gasteiger partial charge in [-0.25, -0.2) is 0 Å². The Labute approximate surface area is 93.6 Å². The first-order valence-electron chi connectivity index (χ1n) is 5.52. The average molecular weight is 228 g/mol. The monoisotopic (exact) mass is 228 g/mol. The number of nitrogens with one attached hydrogen (secondary N) is 1. The van der Waals surface area contributed by atoms with E-state index in [2.05, 4.69) is 5.32 Å². The number of hydrogen-bond acceptors (Lipinski definition) is 4. The minimum Gasteiger partial charge on any atom is -0.481 e. The molecule has 0 saturated carbocycles. The predicted molar refractivity (Wildman–Crippen MR) is 54.9 cm³/mol. The number of carbonyl (C=O) groups is 2. The molecule has 6 nitrogen and oxygen atoms in total. The molecule has 1 amide bonds. The molecule has 0 aliphatic carbocycles. The van der Waals surface area contributed by atoms with Gasteiger partial charge in [0.1, 0.15) is 6.10 Å². The van der Waals surface area contributed by atoms with Crippen LogP contribution in [0.1, 0.15) is 6.42 Å². The first kappa shape index (κ1) is 11.3. The number of carboxylic acid groups (broad SMARTS) is 1. The second-order valence-corrected chi connectivity index (χ2v) is 4.17. The van der Waals surface area contributed by atoms with Gasteiger partial charge in [-0.3, -0.25) is 9.59 Å². The number of hydrogen-bond donors (Lipinski definition) is 2. The lowest BCUT2D eigenvalue weighted by molar-refractivity contribution is -0.145. The summed E-state index contributed by atoms with van der Waals surface area (Å²) in [4.78, 5) is 24.3. The van der Waals surface area contributed by atoms with Crippen LogP contribution in [0.25, 0.3) is 0 Å². The maximum absolute atomic E-state index is 11.9. The standard InChI is InChI=1S/C10H16N2O4/c13-9(8-5-11-2-4-16-8)12-3-1-7(6-12)10(14)15/h7-8,11H,1-6H2,(H,14,15). The Kier molecular flexibility index (Phi) is 3.40. The van der Waals surface area contributed by atoms with E-state index in [9.17, 15) is 9.59 Å². The van der Waals surface area contributed by atoms with Gasteiger partial charge in [-0.1, -0.05) is 0 Å². The van der Waals surface area contributed by atoms with Crippen LogP contribution in [0.5, 0.6) is 0 Å². The lowest BCUT2D eigenvalue weighted by atomic mass is 10.1. The molecule has 0 aromatic carbocycles. The van der Waals surface area contributed by atoms with Gasteiger partial charge in [0, 0.05) is 26.2 Å². The van der Waals surface area contributed by atoms with Crippen molar-refractivity contribution in [3.05, 3.63) is 0 Å². The van der Waals surface area contributed by atoms with Crippen LogP contribution in [0.15, 0.2) is 0 Å². The van der Waals surface area contributed by atoms with Crippen LogP contribution in [0.3, 0.4) is 0 Å². The summed E-state index contributed by atoms with van der Waals surface area (Å²) in [7, 11) is 0. The smallest absolute Gasteiger partial charge is 0.308 e. The second-order valence-electron chi connectivity index (χ2n) is 4.17. The molecule has 0 spiro atoms. The van der Waals surface area contributed by atoms with E-state index >= 15 is 0 Å². The van der Waals surface area contributed by atoms with Crippen molar-refractivity contribution in [2.45, 2.75) is 12.5 Å². The molecule has 2 fully saturated rings. The summed E-state index contributed by atoms with van der Waals surface area (Å²) in [6, 6.07) is 0. The van der Waals surface area contributed by atoms with E-state index in [1.807, 2.05) is 0 Å². The van der Waals surface area contributed by atoms with Crippen molar-refractivity contribution in [1.29, 1.82) is 0 Å².